The molecule has 1 heterocycles. The molecule has 1 atom stereocenters. The fraction of sp³-hybridized carbons (Fsp3) is 1.00. The Labute approximate surface area is 88.7 Å². The van der Waals surface area contributed by atoms with Crippen LogP contribution < -0.4 is 5.32 Å². The van der Waals surface area contributed by atoms with E-state index in [2.05, 4.69) is 12.2 Å². The predicted molar refractivity (Wildman–Crippen MR) is 61.4 cm³/mol. The summed E-state index contributed by atoms with van der Waals surface area (Å²) in [7, 11) is 0. The van der Waals surface area contributed by atoms with Crippen molar-refractivity contribution in [1.82, 2.24) is 5.32 Å². The minimum atomic E-state index is 0.696. The first-order valence-corrected chi connectivity index (χ1v) is 6.49. The van der Waals surface area contributed by atoms with Crippen LogP contribution in [0.4, 0.5) is 0 Å². The molecule has 0 aromatic carbocycles. The van der Waals surface area contributed by atoms with Gasteiger partial charge in [-0.1, -0.05) is 26.2 Å². The van der Waals surface area contributed by atoms with Crippen LogP contribution in [0.1, 0.15) is 58.3 Å². The smallest absolute Gasteiger partial charge is 0.00203 e. The average Bonchev–Trinajstić information content (AvgIpc) is 2.19. The Balaban J connectivity index is 1.81. The van der Waals surface area contributed by atoms with Crippen LogP contribution in [0.15, 0.2) is 0 Å². The zero-order valence-corrected chi connectivity index (χ0v) is 9.65. The Morgan fingerprint density at radius 2 is 1.93 bits per heavy atom. The van der Waals surface area contributed by atoms with Gasteiger partial charge in [0.15, 0.2) is 0 Å². The van der Waals surface area contributed by atoms with Crippen molar-refractivity contribution in [3.05, 3.63) is 0 Å². The van der Waals surface area contributed by atoms with E-state index in [0.717, 1.165) is 5.92 Å². The van der Waals surface area contributed by atoms with Gasteiger partial charge in [-0.3, -0.25) is 0 Å². The maximum atomic E-state index is 3.54. The summed E-state index contributed by atoms with van der Waals surface area (Å²) in [6, 6.07) is 0. The summed E-state index contributed by atoms with van der Waals surface area (Å²) < 4.78 is 0. The lowest BCUT2D eigenvalue weighted by Crippen LogP contribution is -2.34. The zero-order valence-electron chi connectivity index (χ0n) is 9.65. The van der Waals surface area contributed by atoms with Crippen molar-refractivity contribution in [1.29, 1.82) is 0 Å². The molecule has 1 saturated carbocycles. The minimum absolute atomic E-state index is 0.696. The summed E-state index contributed by atoms with van der Waals surface area (Å²) in [4.78, 5) is 0. The lowest BCUT2D eigenvalue weighted by atomic mass is 9.69. The van der Waals surface area contributed by atoms with Crippen LogP contribution in [-0.2, 0) is 0 Å². The third-order valence-electron chi connectivity index (χ3n) is 4.24. The number of piperidine rings is 1. The van der Waals surface area contributed by atoms with Gasteiger partial charge < -0.3 is 5.32 Å². The lowest BCUT2D eigenvalue weighted by Gasteiger charge is -2.38. The molecule has 14 heavy (non-hydrogen) atoms. The van der Waals surface area contributed by atoms with E-state index in [4.69, 9.17) is 0 Å². The van der Waals surface area contributed by atoms with E-state index >= 15 is 0 Å². The highest BCUT2D eigenvalue weighted by atomic mass is 14.9. The Hall–Kier alpha value is -0.0400. The van der Waals surface area contributed by atoms with Crippen LogP contribution in [0.5, 0.6) is 0 Å². The van der Waals surface area contributed by atoms with Crippen molar-refractivity contribution in [2.24, 2.45) is 11.3 Å². The van der Waals surface area contributed by atoms with Gasteiger partial charge in [0.1, 0.15) is 0 Å². The summed E-state index contributed by atoms with van der Waals surface area (Å²) in [5, 5.41) is 3.54. The fourth-order valence-corrected chi connectivity index (χ4v) is 3.40. The van der Waals surface area contributed by atoms with Crippen LogP contribution in [0.2, 0.25) is 0 Å². The van der Waals surface area contributed by atoms with E-state index < -0.39 is 0 Å². The largest absolute Gasteiger partial charge is 0.316 e. The summed E-state index contributed by atoms with van der Waals surface area (Å²) in [5.41, 5.74) is 0.696. The fourth-order valence-electron chi connectivity index (χ4n) is 3.40. The van der Waals surface area contributed by atoms with Crippen molar-refractivity contribution < 1.29 is 0 Å². The van der Waals surface area contributed by atoms with Crippen LogP contribution in [-0.4, -0.2) is 13.1 Å². The van der Waals surface area contributed by atoms with Crippen molar-refractivity contribution in [2.45, 2.75) is 58.3 Å². The quantitative estimate of drug-likeness (QED) is 0.712. The molecule has 0 aromatic rings. The Morgan fingerprint density at radius 1 is 1.14 bits per heavy atom. The number of nitrogens with one attached hydrogen (secondary N) is 1. The Kier molecular flexibility index (Phi) is 3.48. The second-order valence-electron chi connectivity index (χ2n) is 5.79. The molecule has 0 spiro atoms. The zero-order chi connectivity index (χ0) is 9.86. The molecule has 1 unspecified atom stereocenters. The molecule has 0 aromatic heterocycles. The normalized spacial score (nSPS) is 32.8. The van der Waals surface area contributed by atoms with Crippen molar-refractivity contribution in [2.75, 3.05) is 13.1 Å². The maximum absolute atomic E-state index is 3.54. The molecular weight excluding hydrogens is 170 g/mol. The molecule has 0 amide bonds. The summed E-state index contributed by atoms with van der Waals surface area (Å²) >= 11 is 0. The molecule has 1 nitrogen and oxygen atoms in total. The highest BCUT2D eigenvalue weighted by Gasteiger charge is 2.30. The molecule has 0 bridgehead atoms. The molecule has 1 aliphatic heterocycles. The van der Waals surface area contributed by atoms with Gasteiger partial charge in [0.05, 0.1) is 0 Å². The lowest BCUT2D eigenvalue weighted by molar-refractivity contribution is 0.151. The van der Waals surface area contributed by atoms with Gasteiger partial charge in [0.2, 0.25) is 0 Å². The standard InChI is InChI=1S/C13H25N/c1-13(7-3-2-4-8-13)10-12-6-5-9-14-11-12/h12,14H,2-11H2,1H3. The van der Waals surface area contributed by atoms with Gasteiger partial charge in [-0.15, -0.1) is 0 Å². The molecular formula is C13H25N. The second-order valence-corrected chi connectivity index (χ2v) is 5.79. The monoisotopic (exact) mass is 195 g/mol. The van der Waals surface area contributed by atoms with Gasteiger partial charge >= 0.3 is 0 Å². The summed E-state index contributed by atoms with van der Waals surface area (Å²) in [6.07, 6.45) is 11.8. The highest BCUT2D eigenvalue weighted by molar-refractivity contribution is 4.83. The summed E-state index contributed by atoms with van der Waals surface area (Å²) in [5.74, 6) is 0.979. The first-order valence-electron chi connectivity index (χ1n) is 6.49. The van der Waals surface area contributed by atoms with E-state index in [-0.39, 0.29) is 0 Å². The molecule has 1 aliphatic carbocycles. The Morgan fingerprint density at radius 3 is 2.57 bits per heavy atom. The number of rotatable bonds is 2. The van der Waals surface area contributed by atoms with Gasteiger partial charge in [0.25, 0.3) is 0 Å². The van der Waals surface area contributed by atoms with Crippen molar-refractivity contribution in [3.8, 4) is 0 Å². The molecule has 1 heteroatoms. The first-order chi connectivity index (χ1) is 6.79. The highest BCUT2D eigenvalue weighted by Crippen LogP contribution is 2.41. The molecule has 0 radical (unpaired) electrons. The predicted octanol–water partition coefficient (Wildman–Crippen LogP) is 3.35. The SMILES string of the molecule is CC1(CC2CCCNC2)CCCCC1. The molecule has 82 valence electrons. The van der Waals surface area contributed by atoms with Crippen molar-refractivity contribution in [3.63, 3.8) is 0 Å². The molecule has 1 saturated heterocycles. The van der Waals surface area contributed by atoms with E-state index in [9.17, 15) is 0 Å². The summed E-state index contributed by atoms with van der Waals surface area (Å²) in [6.45, 7) is 5.07. The van der Waals surface area contributed by atoms with E-state index in [0.29, 0.717) is 5.41 Å². The number of hydrogen-bond donors (Lipinski definition) is 1. The van der Waals surface area contributed by atoms with E-state index in [1.807, 2.05) is 0 Å². The van der Waals surface area contributed by atoms with Crippen LogP contribution >= 0.6 is 0 Å². The molecule has 2 rings (SSSR count). The molecule has 2 aliphatic rings. The third kappa shape index (κ3) is 2.73. The van der Waals surface area contributed by atoms with Crippen molar-refractivity contribution >= 4 is 0 Å². The van der Waals surface area contributed by atoms with Crippen LogP contribution in [0, 0.1) is 11.3 Å². The van der Waals surface area contributed by atoms with Gasteiger partial charge in [-0.05, 0) is 56.5 Å². The van der Waals surface area contributed by atoms with Crippen LogP contribution in [0.25, 0.3) is 0 Å². The maximum Gasteiger partial charge on any atom is -0.00203 e. The number of hydrogen-bond acceptors (Lipinski definition) is 1. The topological polar surface area (TPSA) is 12.0 Å². The van der Waals surface area contributed by atoms with Gasteiger partial charge in [-0.25, -0.2) is 0 Å². The van der Waals surface area contributed by atoms with Gasteiger partial charge in [0, 0.05) is 0 Å². The minimum Gasteiger partial charge on any atom is -0.316 e. The first kappa shape index (κ1) is 10.5. The van der Waals surface area contributed by atoms with Crippen LogP contribution in [0.3, 0.4) is 0 Å². The average molecular weight is 195 g/mol. The van der Waals surface area contributed by atoms with E-state index in [1.54, 1.807) is 0 Å². The second kappa shape index (κ2) is 4.65. The van der Waals surface area contributed by atoms with Gasteiger partial charge in [-0.2, -0.15) is 0 Å². The molecule has 2 fully saturated rings. The Bertz CT molecular complexity index is 164. The third-order valence-corrected chi connectivity index (χ3v) is 4.24. The van der Waals surface area contributed by atoms with E-state index in [1.165, 1.54) is 64.5 Å². The molecule has 1 N–H and O–H groups in total.